The van der Waals surface area contributed by atoms with Crippen molar-refractivity contribution >= 4 is 32.9 Å². The van der Waals surface area contributed by atoms with E-state index in [4.69, 9.17) is 0 Å². The molecule has 0 unspecified atom stereocenters. The van der Waals surface area contributed by atoms with Crippen LogP contribution < -0.4 is 0 Å². The normalized spacial score (nSPS) is 11.8. The van der Waals surface area contributed by atoms with E-state index in [0.29, 0.717) is 4.90 Å². The highest BCUT2D eigenvalue weighted by atomic mass is 32.2. The minimum atomic E-state index is -4.10. The van der Waals surface area contributed by atoms with Crippen molar-refractivity contribution in [3.8, 4) is 0 Å². The number of hydrogen-bond donors (Lipinski definition) is 0. The van der Waals surface area contributed by atoms with Crippen molar-refractivity contribution in [1.29, 1.82) is 0 Å². The SMILES string of the molecule is COC(=O)C(=NOS(=O)(=O)c1ccccc1)Sc1ccccc1. The van der Waals surface area contributed by atoms with Crippen LogP contribution in [0.1, 0.15) is 0 Å². The summed E-state index contributed by atoms with van der Waals surface area (Å²) in [5.74, 6) is -0.790. The number of ether oxygens (including phenoxy) is 1. The lowest BCUT2D eigenvalue weighted by Gasteiger charge is -2.05. The van der Waals surface area contributed by atoms with Crippen molar-refractivity contribution in [2.24, 2.45) is 5.16 Å². The van der Waals surface area contributed by atoms with Crippen LogP contribution >= 0.6 is 11.8 Å². The molecule has 23 heavy (non-hydrogen) atoms. The Morgan fingerprint density at radius 3 is 2.13 bits per heavy atom. The standard InChI is InChI=1S/C15H13NO5S2/c1-20-15(17)14(22-12-8-4-2-5-9-12)16-21-23(18,19)13-10-6-3-7-11-13/h2-11H,1H3. The number of benzene rings is 2. The molecule has 0 spiro atoms. The van der Waals surface area contributed by atoms with Gasteiger partial charge in [-0.3, -0.25) is 4.28 Å². The number of hydrogen-bond acceptors (Lipinski definition) is 7. The third-order valence-corrected chi connectivity index (χ3v) is 4.63. The first-order valence-corrected chi connectivity index (χ1v) is 8.63. The fourth-order valence-corrected chi connectivity index (χ4v) is 3.05. The van der Waals surface area contributed by atoms with Crippen LogP contribution in [0, 0.1) is 0 Å². The highest BCUT2D eigenvalue weighted by Gasteiger charge is 2.19. The first-order chi connectivity index (χ1) is 11.0. The van der Waals surface area contributed by atoms with Crippen molar-refractivity contribution in [2.75, 3.05) is 7.11 Å². The van der Waals surface area contributed by atoms with E-state index in [1.54, 1.807) is 42.5 Å². The summed E-state index contributed by atoms with van der Waals surface area (Å²) < 4.78 is 33.2. The Morgan fingerprint density at radius 1 is 1.00 bits per heavy atom. The second-order valence-electron chi connectivity index (χ2n) is 4.14. The van der Waals surface area contributed by atoms with E-state index in [9.17, 15) is 13.2 Å². The predicted octanol–water partition coefficient (Wildman–Crippen LogP) is 2.67. The van der Waals surface area contributed by atoms with Crippen LogP contribution in [0.3, 0.4) is 0 Å². The largest absolute Gasteiger partial charge is 0.464 e. The molecule has 0 amide bonds. The zero-order valence-electron chi connectivity index (χ0n) is 12.1. The molecule has 2 aromatic rings. The minimum Gasteiger partial charge on any atom is -0.464 e. The maximum Gasteiger partial charge on any atom is 0.367 e. The molecule has 0 heterocycles. The fourth-order valence-electron chi connectivity index (χ4n) is 1.50. The van der Waals surface area contributed by atoms with E-state index >= 15 is 0 Å². The Bertz CT molecular complexity index is 789. The fraction of sp³-hybridized carbons (Fsp3) is 0.0667. The third-order valence-electron chi connectivity index (χ3n) is 2.57. The topological polar surface area (TPSA) is 82.0 Å². The minimum absolute atomic E-state index is 0.0577. The zero-order valence-corrected chi connectivity index (χ0v) is 13.7. The number of rotatable bonds is 4. The molecule has 8 heteroatoms. The van der Waals surface area contributed by atoms with Crippen LogP contribution in [-0.2, 0) is 23.9 Å². The van der Waals surface area contributed by atoms with Crippen LogP contribution in [0.25, 0.3) is 0 Å². The molecule has 0 bridgehead atoms. The molecule has 0 saturated heterocycles. The van der Waals surface area contributed by atoms with Crippen molar-refractivity contribution in [3.63, 3.8) is 0 Å². The molecule has 0 atom stereocenters. The molecule has 0 aliphatic rings. The van der Waals surface area contributed by atoms with Gasteiger partial charge in [-0.2, -0.15) is 8.42 Å². The first kappa shape index (κ1) is 17.0. The summed E-state index contributed by atoms with van der Waals surface area (Å²) in [7, 11) is -2.92. The summed E-state index contributed by atoms with van der Waals surface area (Å²) in [6, 6.07) is 16.4. The summed E-state index contributed by atoms with van der Waals surface area (Å²) in [4.78, 5) is 12.4. The highest BCUT2D eigenvalue weighted by molar-refractivity contribution is 8.15. The molecule has 2 rings (SSSR count). The number of carbonyl (C=O) groups is 1. The van der Waals surface area contributed by atoms with E-state index in [2.05, 4.69) is 14.2 Å². The summed E-state index contributed by atoms with van der Waals surface area (Å²) in [5.41, 5.74) is 0. The molecule has 0 aromatic heterocycles. The van der Waals surface area contributed by atoms with Crippen molar-refractivity contribution in [1.82, 2.24) is 0 Å². The van der Waals surface area contributed by atoms with Gasteiger partial charge in [0.2, 0.25) is 5.04 Å². The molecule has 0 aliphatic carbocycles. The molecular formula is C15H13NO5S2. The lowest BCUT2D eigenvalue weighted by molar-refractivity contribution is -0.132. The molecule has 0 fully saturated rings. The smallest absolute Gasteiger partial charge is 0.367 e. The summed E-state index contributed by atoms with van der Waals surface area (Å²) in [6.07, 6.45) is 0. The van der Waals surface area contributed by atoms with Crippen LogP contribution in [0.2, 0.25) is 0 Å². The Labute approximate surface area is 138 Å². The van der Waals surface area contributed by atoms with Gasteiger partial charge >= 0.3 is 16.1 Å². The number of carbonyl (C=O) groups excluding carboxylic acids is 1. The van der Waals surface area contributed by atoms with Gasteiger partial charge < -0.3 is 4.74 Å². The maximum atomic E-state index is 12.0. The highest BCUT2D eigenvalue weighted by Crippen LogP contribution is 2.21. The predicted molar refractivity (Wildman–Crippen MR) is 86.5 cm³/mol. The van der Waals surface area contributed by atoms with E-state index in [-0.39, 0.29) is 9.94 Å². The number of oxime groups is 1. The van der Waals surface area contributed by atoms with Crippen LogP contribution in [-0.4, -0.2) is 26.5 Å². The molecule has 0 saturated carbocycles. The molecule has 120 valence electrons. The third kappa shape index (κ3) is 4.83. The molecule has 2 aromatic carbocycles. The number of esters is 1. The van der Waals surface area contributed by atoms with Crippen molar-refractivity contribution < 1.29 is 22.2 Å². The van der Waals surface area contributed by atoms with Crippen molar-refractivity contribution in [2.45, 2.75) is 9.79 Å². The van der Waals surface area contributed by atoms with Crippen LogP contribution in [0.15, 0.2) is 75.6 Å². The molecule has 0 radical (unpaired) electrons. The maximum absolute atomic E-state index is 12.0. The Hall–Kier alpha value is -2.32. The second-order valence-corrected chi connectivity index (χ2v) is 6.74. The summed E-state index contributed by atoms with van der Waals surface area (Å²) in [5, 5.41) is 3.23. The zero-order chi connectivity index (χ0) is 16.7. The Kier molecular flexibility index (Phi) is 5.78. The van der Waals surface area contributed by atoms with E-state index in [0.717, 1.165) is 11.8 Å². The molecule has 0 aliphatic heterocycles. The lowest BCUT2D eigenvalue weighted by Crippen LogP contribution is -2.14. The first-order valence-electron chi connectivity index (χ1n) is 6.41. The lowest BCUT2D eigenvalue weighted by atomic mass is 10.4. The van der Waals surface area contributed by atoms with Gasteiger partial charge in [0.25, 0.3) is 0 Å². The molecule has 0 N–H and O–H groups in total. The van der Waals surface area contributed by atoms with Gasteiger partial charge in [-0.05, 0) is 24.3 Å². The van der Waals surface area contributed by atoms with Crippen LogP contribution in [0.4, 0.5) is 0 Å². The van der Waals surface area contributed by atoms with Crippen LogP contribution in [0.5, 0.6) is 0 Å². The van der Waals surface area contributed by atoms with E-state index in [1.807, 2.05) is 6.07 Å². The van der Waals surface area contributed by atoms with Gasteiger partial charge in [0, 0.05) is 4.90 Å². The Balaban J connectivity index is 2.22. The van der Waals surface area contributed by atoms with Gasteiger partial charge in [-0.25, -0.2) is 4.79 Å². The quantitative estimate of drug-likeness (QED) is 0.277. The van der Waals surface area contributed by atoms with Gasteiger partial charge in [-0.15, -0.1) is 0 Å². The second kappa shape index (κ2) is 7.80. The van der Waals surface area contributed by atoms with Gasteiger partial charge in [0.15, 0.2) is 0 Å². The van der Waals surface area contributed by atoms with Gasteiger partial charge in [0.05, 0.1) is 7.11 Å². The number of methoxy groups -OCH3 is 1. The van der Waals surface area contributed by atoms with E-state index in [1.165, 1.54) is 19.2 Å². The summed E-state index contributed by atoms with van der Waals surface area (Å²) >= 11 is 0.943. The van der Waals surface area contributed by atoms with Crippen molar-refractivity contribution in [3.05, 3.63) is 60.7 Å². The number of thioether (sulfide) groups is 1. The van der Waals surface area contributed by atoms with E-state index < -0.39 is 16.1 Å². The van der Waals surface area contributed by atoms with Gasteiger partial charge in [-0.1, -0.05) is 53.3 Å². The average Bonchev–Trinajstić information content (AvgIpc) is 2.59. The molecule has 6 nitrogen and oxygen atoms in total. The van der Waals surface area contributed by atoms with Gasteiger partial charge in [0.1, 0.15) is 4.90 Å². The monoisotopic (exact) mass is 351 g/mol. The number of nitrogens with zero attached hydrogens (tertiary/aromatic N) is 1. The average molecular weight is 351 g/mol. The summed E-state index contributed by atoms with van der Waals surface area (Å²) in [6.45, 7) is 0. The molecular weight excluding hydrogens is 338 g/mol. The Morgan fingerprint density at radius 2 is 1.57 bits per heavy atom.